The third kappa shape index (κ3) is 3.26. The van der Waals surface area contributed by atoms with Crippen molar-refractivity contribution in [3.05, 3.63) is 57.3 Å². The van der Waals surface area contributed by atoms with Crippen LogP contribution in [0.25, 0.3) is 0 Å². The van der Waals surface area contributed by atoms with Crippen LogP contribution in [0.3, 0.4) is 0 Å². The fourth-order valence-electron chi connectivity index (χ4n) is 1.76. The zero-order chi connectivity index (χ0) is 14.0. The summed E-state index contributed by atoms with van der Waals surface area (Å²) in [6.07, 6.45) is 0. The molecule has 0 radical (unpaired) electrons. The summed E-state index contributed by atoms with van der Waals surface area (Å²) in [5, 5.41) is 0. The van der Waals surface area contributed by atoms with Crippen molar-refractivity contribution >= 4 is 21.6 Å². The van der Waals surface area contributed by atoms with Crippen molar-refractivity contribution in [2.24, 2.45) is 0 Å². The molecule has 100 valence electrons. The van der Waals surface area contributed by atoms with E-state index in [1.54, 1.807) is 6.07 Å². The Morgan fingerprint density at radius 1 is 1.16 bits per heavy atom. The van der Waals surface area contributed by atoms with Gasteiger partial charge in [-0.3, -0.25) is 0 Å². The Labute approximate surface area is 120 Å². The SMILES string of the molecule is Cc1cc(OCc2ccc(F)cc2Br)c(C)cc1N. The van der Waals surface area contributed by atoms with E-state index in [9.17, 15) is 4.39 Å². The van der Waals surface area contributed by atoms with E-state index < -0.39 is 0 Å². The van der Waals surface area contributed by atoms with Crippen molar-refractivity contribution in [2.75, 3.05) is 5.73 Å². The van der Waals surface area contributed by atoms with Crippen LogP contribution in [0.5, 0.6) is 5.75 Å². The summed E-state index contributed by atoms with van der Waals surface area (Å²) >= 11 is 3.33. The van der Waals surface area contributed by atoms with Gasteiger partial charge in [0, 0.05) is 15.7 Å². The van der Waals surface area contributed by atoms with Gasteiger partial charge in [-0.2, -0.15) is 0 Å². The molecule has 0 bridgehead atoms. The molecule has 2 aromatic rings. The molecule has 0 aliphatic heterocycles. The van der Waals surface area contributed by atoms with E-state index in [-0.39, 0.29) is 5.82 Å². The normalized spacial score (nSPS) is 10.5. The first kappa shape index (κ1) is 13.9. The minimum atomic E-state index is -0.268. The molecule has 0 aliphatic carbocycles. The van der Waals surface area contributed by atoms with Crippen LogP contribution < -0.4 is 10.5 Å². The van der Waals surface area contributed by atoms with Crippen molar-refractivity contribution in [3.63, 3.8) is 0 Å². The number of anilines is 1. The number of nitrogens with two attached hydrogens (primary N) is 1. The highest BCUT2D eigenvalue weighted by atomic mass is 79.9. The molecule has 2 nitrogen and oxygen atoms in total. The number of aryl methyl sites for hydroxylation is 2. The zero-order valence-corrected chi connectivity index (χ0v) is 12.4. The lowest BCUT2D eigenvalue weighted by Gasteiger charge is -2.12. The molecule has 0 heterocycles. The Kier molecular flexibility index (Phi) is 4.10. The predicted octanol–water partition coefficient (Wildman–Crippen LogP) is 4.37. The molecule has 0 atom stereocenters. The van der Waals surface area contributed by atoms with Crippen LogP contribution in [0.1, 0.15) is 16.7 Å². The van der Waals surface area contributed by atoms with Crippen LogP contribution in [0.15, 0.2) is 34.8 Å². The maximum Gasteiger partial charge on any atom is 0.124 e. The van der Waals surface area contributed by atoms with Crippen molar-refractivity contribution < 1.29 is 9.13 Å². The topological polar surface area (TPSA) is 35.2 Å². The van der Waals surface area contributed by atoms with E-state index in [4.69, 9.17) is 10.5 Å². The highest BCUT2D eigenvalue weighted by molar-refractivity contribution is 9.10. The minimum absolute atomic E-state index is 0.268. The van der Waals surface area contributed by atoms with Crippen LogP contribution in [0.2, 0.25) is 0 Å². The van der Waals surface area contributed by atoms with Crippen molar-refractivity contribution in [3.8, 4) is 5.75 Å². The summed E-state index contributed by atoms with van der Waals surface area (Å²) in [6.45, 7) is 4.27. The van der Waals surface area contributed by atoms with Crippen LogP contribution in [-0.4, -0.2) is 0 Å². The average molecular weight is 324 g/mol. The van der Waals surface area contributed by atoms with Gasteiger partial charge in [-0.1, -0.05) is 22.0 Å². The summed E-state index contributed by atoms with van der Waals surface area (Å²) in [7, 11) is 0. The van der Waals surface area contributed by atoms with Crippen LogP contribution in [0, 0.1) is 19.7 Å². The summed E-state index contributed by atoms with van der Waals surface area (Å²) in [4.78, 5) is 0. The zero-order valence-electron chi connectivity index (χ0n) is 10.8. The van der Waals surface area contributed by atoms with Gasteiger partial charge < -0.3 is 10.5 Å². The maximum absolute atomic E-state index is 13.0. The number of nitrogen functional groups attached to an aromatic ring is 1. The molecule has 2 aromatic carbocycles. The van der Waals surface area contributed by atoms with Crippen molar-refractivity contribution in [1.29, 1.82) is 0 Å². The van der Waals surface area contributed by atoms with E-state index >= 15 is 0 Å². The first-order valence-corrected chi connectivity index (χ1v) is 6.70. The minimum Gasteiger partial charge on any atom is -0.489 e. The molecule has 0 fully saturated rings. The summed E-state index contributed by atoms with van der Waals surface area (Å²) in [5.74, 6) is 0.526. The third-order valence-corrected chi connectivity index (χ3v) is 3.70. The number of halogens is 2. The van der Waals surface area contributed by atoms with Gasteiger partial charge in [0.25, 0.3) is 0 Å². The molecule has 4 heteroatoms. The molecule has 2 rings (SSSR count). The highest BCUT2D eigenvalue weighted by Gasteiger charge is 2.06. The second-order valence-electron chi connectivity index (χ2n) is 4.50. The van der Waals surface area contributed by atoms with Crippen LogP contribution in [0.4, 0.5) is 10.1 Å². The fraction of sp³-hybridized carbons (Fsp3) is 0.200. The highest BCUT2D eigenvalue weighted by Crippen LogP contribution is 2.26. The molecule has 0 spiro atoms. The molecule has 0 saturated heterocycles. The van der Waals surface area contributed by atoms with Gasteiger partial charge in [-0.15, -0.1) is 0 Å². The van der Waals surface area contributed by atoms with Gasteiger partial charge in [-0.05, 0) is 49.2 Å². The number of ether oxygens (including phenoxy) is 1. The second kappa shape index (κ2) is 5.61. The van der Waals surface area contributed by atoms with Crippen molar-refractivity contribution in [2.45, 2.75) is 20.5 Å². The summed E-state index contributed by atoms with van der Waals surface area (Å²) in [5.41, 5.74) is 9.46. The molecule has 2 N–H and O–H groups in total. The van der Waals surface area contributed by atoms with Crippen LogP contribution >= 0.6 is 15.9 Å². The van der Waals surface area contributed by atoms with E-state index in [1.165, 1.54) is 12.1 Å². The van der Waals surface area contributed by atoms with E-state index in [0.29, 0.717) is 11.1 Å². The first-order chi connectivity index (χ1) is 8.97. The van der Waals surface area contributed by atoms with Gasteiger partial charge in [0.05, 0.1) is 0 Å². The first-order valence-electron chi connectivity index (χ1n) is 5.91. The number of rotatable bonds is 3. The predicted molar refractivity (Wildman–Crippen MR) is 78.8 cm³/mol. The Hall–Kier alpha value is -1.55. The Morgan fingerprint density at radius 2 is 1.89 bits per heavy atom. The van der Waals surface area contributed by atoms with Gasteiger partial charge >= 0.3 is 0 Å². The smallest absolute Gasteiger partial charge is 0.124 e. The van der Waals surface area contributed by atoms with E-state index in [1.807, 2.05) is 26.0 Å². The Balaban J connectivity index is 2.16. The molecule has 0 saturated carbocycles. The molecule has 0 amide bonds. The molecular formula is C15H15BrFNO. The number of benzene rings is 2. The second-order valence-corrected chi connectivity index (χ2v) is 5.35. The van der Waals surface area contributed by atoms with Gasteiger partial charge in [0.15, 0.2) is 0 Å². The third-order valence-electron chi connectivity index (χ3n) is 2.96. The summed E-state index contributed by atoms with van der Waals surface area (Å²) in [6, 6.07) is 8.37. The average Bonchev–Trinajstić information content (AvgIpc) is 2.34. The molecule has 0 aromatic heterocycles. The molecule has 0 unspecified atom stereocenters. The quantitative estimate of drug-likeness (QED) is 0.851. The standard InChI is InChI=1S/C15H15BrFNO/c1-9-6-15(10(2)5-14(9)18)19-8-11-3-4-12(17)7-13(11)16/h3-7H,8,18H2,1-2H3. The van der Waals surface area contributed by atoms with Gasteiger partial charge in [0.1, 0.15) is 18.2 Å². The van der Waals surface area contributed by atoms with Gasteiger partial charge in [0.2, 0.25) is 0 Å². The lowest BCUT2D eigenvalue weighted by Crippen LogP contribution is -2.00. The Bertz CT molecular complexity index is 613. The number of hydrogen-bond donors (Lipinski definition) is 1. The fourth-order valence-corrected chi connectivity index (χ4v) is 2.23. The Morgan fingerprint density at radius 3 is 2.58 bits per heavy atom. The van der Waals surface area contributed by atoms with Crippen LogP contribution in [-0.2, 0) is 6.61 Å². The van der Waals surface area contributed by atoms with E-state index in [2.05, 4.69) is 15.9 Å². The lowest BCUT2D eigenvalue weighted by molar-refractivity contribution is 0.303. The molecule has 19 heavy (non-hydrogen) atoms. The monoisotopic (exact) mass is 323 g/mol. The largest absolute Gasteiger partial charge is 0.489 e. The van der Waals surface area contributed by atoms with Gasteiger partial charge in [-0.25, -0.2) is 4.39 Å². The molecular weight excluding hydrogens is 309 g/mol. The molecule has 0 aliphatic rings. The maximum atomic E-state index is 13.0. The number of hydrogen-bond acceptors (Lipinski definition) is 2. The van der Waals surface area contributed by atoms with Crippen molar-refractivity contribution in [1.82, 2.24) is 0 Å². The summed E-state index contributed by atoms with van der Waals surface area (Å²) < 4.78 is 19.5. The van der Waals surface area contributed by atoms with E-state index in [0.717, 1.165) is 28.1 Å². The lowest BCUT2D eigenvalue weighted by atomic mass is 10.1.